The second-order valence-corrected chi connectivity index (χ2v) is 8.61. The van der Waals surface area contributed by atoms with Gasteiger partial charge in [0.25, 0.3) is 4.32 Å². The molecule has 1 fully saturated rings. The highest BCUT2D eigenvalue weighted by atomic mass is 32.2. The minimum atomic E-state index is -0.0726. The van der Waals surface area contributed by atoms with Gasteiger partial charge in [-0.25, -0.2) is 4.79 Å². The zero-order chi connectivity index (χ0) is 18.9. The van der Waals surface area contributed by atoms with Gasteiger partial charge in [-0.15, -0.1) is 11.8 Å². The van der Waals surface area contributed by atoms with Crippen LogP contribution in [0.25, 0.3) is 11.1 Å². The molecule has 1 unspecified atom stereocenters. The van der Waals surface area contributed by atoms with Gasteiger partial charge in [0.1, 0.15) is 16.3 Å². The molecule has 1 saturated heterocycles. The second-order valence-electron chi connectivity index (χ2n) is 6.03. The van der Waals surface area contributed by atoms with Crippen LogP contribution >= 0.6 is 35.7 Å². The van der Waals surface area contributed by atoms with Crippen LogP contribution < -0.4 is 4.48 Å². The first-order valence-corrected chi connectivity index (χ1v) is 10.7. The fraction of sp³-hybridized carbons (Fsp3) is 0.200. The first-order chi connectivity index (χ1) is 12.5. The Morgan fingerprint density at radius 1 is 1.23 bits per heavy atom. The highest BCUT2D eigenvalue weighted by Crippen LogP contribution is 2.45. The van der Waals surface area contributed by atoms with E-state index in [1.54, 1.807) is 23.9 Å². The van der Waals surface area contributed by atoms with Crippen LogP contribution in [0.3, 0.4) is 0 Å². The predicted octanol–water partition coefficient (Wildman–Crippen LogP) is 5.57. The van der Waals surface area contributed by atoms with Crippen molar-refractivity contribution in [2.45, 2.75) is 18.2 Å². The molecule has 3 rings (SSSR count). The van der Waals surface area contributed by atoms with E-state index in [2.05, 4.69) is 6.58 Å². The lowest BCUT2D eigenvalue weighted by molar-refractivity contribution is -0.121. The lowest BCUT2D eigenvalue weighted by atomic mass is 10.0. The van der Waals surface area contributed by atoms with E-state index < -0.39 is 0 Å². The highest BCUT2D eigenvalue weighted by molar-refractivity contribution is 8.27. The summed E-state index contributed by atoms with van der Waals surface area (Å²) in [5, 5.41) is 10.5. The van der Waals surface area contributed by atoms with Crippen LogP contribution in [-0.4, -0.2) is 28.1 Å². The Bertz CT molecular complexity index is 910. The minimum absolute atomic E-state index is 0.00987. The number of thiocarbonyl (C=S) groups is 1. The third kappa shape index (κ3) is 3.01. The lowest BCUT2D eigenvalue weighted by Crippen LogP contribution is -2.53. The summed E-state index contributed by atoms with van der Waals surface area (Å²) >= 11 is 8.48. The largest absolute Gasteiger partial charge is 0.507 e. The molecule has 134 valence electrons. The predicted molar refractivity (Wildman–Crippen MR) is 117 cm³/mol. The Morgan fingerprint density at radius 3 is 2.58 bits per heavy atom. The molecule has 0 bridgehead atoms. The molecule has 0 saturated carbocycles. The number of benzene rings is 2. The van der Waals surface area contributed by atoms with Crippen molar-refractivity contribution >= 4 is 51.7 Å². The van der Waals surface area contributed by atoms with Crippen molar-refractivity contribution in [2.24, 2.45) is 0 Å². The van der Waals surface area contributed by atoms with Crippen LogP contribution in [-0.2, 0) is 4.79 Å². The molecule has 0 aromatic heterocycles. The molecule has 1 aliphatic heterocycles. The summed E-state index contributed by atoms with van der Waals surface area (Å²) in [5.41, 5.74) is 2.42. The number of thioether (sulfide) groups is 2. The fourth-order valence-corrected chi connectivity index (χ4v) is 5.33. The van der Waals surface area contributed by atoms with Gasteiger partial charge in [-0.1, -0.05) is 31.7 Å². The van der Waals surface area contributed by atoms with Crippen LogP contribution in [0.2, 0.25) is 0 Å². The standard InChI is InChI=1S/C20H19NO2S3/c1-4-11-21(19(23)13(2)26-20(21)24)14-9-10-17(22)16(12-14)15-7-5-6-8-18(15)25-3/h5-10,12H,2,4,11H2,1,3H3/p+1. The Kier molecular flexibility index (Phi) is 5.58. The number of phenolic OH excluding ortho intramolecular Hbond substituents is 1. The minimum Gasteiger partial charge on any atom is -0.507 e. The number of carbonyl (C=O) groups is 1. The van der Waals surface area contributed by atoms with Crippen molar-refractivity contribution in [1.82, 2.24) is 4.48 Å². The molecular weight excluding hydrogens is 382 g/mol. The number of carbonyl (C=O) groups excluding carboxylic acids is 1. The van der Waals surface area contributed by atoms with Crippen LogP contribution in [0.1, 0.15) is 13.3 Å². The third-order valence-corrected chi connectivity index (χ3v) is 6.75. The molecule has 1 atom stereocenters. The van der Waals surface area contributed by atoms with Crippen LogP contribution in [0.15, 0.2) is 58.8 Å². The Hall–Kier alpha value is -1.60. The molecule has 0 radical (unpaired) electrons. The summed E-state index contributed by atoms with van der Waals surface area (Å²) in [6.07, 6.45) is 2.81. The molecule has 26 heavy (non-hydrogen) atoms. The van der Waals surface area contributed by atoms with Crippen molar-refractivity contribution in [2.75, 3.05) is 12.8 Å². The average Bonchev–Trinajstić information content (AvgIpc) is 2.86. The molecule has 3 nitrogen and oxygen atoms in total. The molecule has 1 heterocycles. The number of phenols is 1. The van der Waals surface area contributed by atoms with E-state index in [0.717, 1.165) is 22.6 Å². The van der Waals surface area contributed by atoms with Gasteiger partial charge >= 0.3 is 5.91 Å². The smallest absolute Gasteiger partial charge is 0.363 e. The summed E-state index contributed by atoms with van der Waals surface area (Å²) < 4.78 is 0.584. The SMILES string of the molecule is C=C1SC(=S)[N+](CCC)(c2ccc(O)c(-c3ccccc3SC)c2)C1=O. The van der Waals surface area contributed by atoms with Gasteiger partial charge < -0.3 is 5.11 Å². The second kappa shape index (κ2) is 7.56. The van der Waals surface area contributed by atoms with E-state index in [9.17, 15) is 9.90 Å². The van der Waals surface area contributed by atoms with Gasteiger partial charge in [0.15, 0.2) is 0 Å². The molecule has 0 spiro atoms. The number of nitrogens with zero attached hydrogens (tertiary/aromatic N) is 1. The van der Waals surface area contributed by atoms with Gasteiger partial charge in [0.05, 0.1) is 6.54 Å². The Morgan fingerprint density at radius 2 is 1.96 bits per heavy atom. The maximum absolute atomic E-state index is 13.0. The maximum Gasteiger partial charge on any atom is 0.363 e. The normalized spacial score (nSPS) is 20.0. The quantitative estimate of drug-likeness (QED) is 0.306. The van der Waals surface area contributed by atoms with Crippen molar-refractivity contribution in [3.63, 3.8) is 0 Å². The first-order valence-electron chi connectivity index (χ1n) is 8.27. The molecule has 1 aliphatic rings. The Balaban J connectivity index is 2.22. The van der Waals surface area contributed by atoms with Gasteiger partial charge in [0, 0.05) is 22.6 Å². The third-order valence-electron chi connectivity index (χ3n) is 4.48. The zero-order valence-corrected chi connectivity index (χ0v) is 17.1. The summed E-state index contributed by atoms with van der Waals surface area (Å²) in [6, 6.07) is 13.3. The van der Waals surface area contributed by atoms with Crippen LogP contribution in [0.4, 0.5) is 5.69 Å². The van der Waals surface area contributed by atoms with E-state index in [4.69, 9.17) is 12.2 Å². The van der Waals surface area contributed by atoms with Gasteiger partial charge in [-0.2, -0.15) is 4.48 Å². The summed E-state index contributed by atoms with van der Waals surface area (Å²) in [4.78, 5) is 14.5. The van der Waals surface area contributed by atoms with Crippen molar-refractivity contribution in [3.8, 4) is 16.9 Å². The van der Waals surface area contributed by atoms with Crippen molar-refractivity contribution < 1.29 is 9.90 Å². The highest BCUT2D eigenvalue weighted by Gasteiger charge is 2.52. The number of quaternary nitrogens is 1. The zero-order valence-electron chi connectivity index (χ0n) is 14.7. The van der Waals surface area contributed by atoms with Crippen molar-refractivity contribution in [3.05, 3.63) is 53.9 Å². The fourth-order valence-electron chi connectivity index (χ4n) is 3.25. The number of rotatable bonds is 5. The number of hydrogen-bond donors (Lipinski definition) is 1. The topological polar surface area (TPSA) is 37.3 Å². The first kappa shape index (κ1) is 19.2. The average molecular weight is 403 g/mol. The molecule has 1 N–H and O–H groups in total. The number of aromatic hydroxyl groups is 1. The van der Waals surface area contributed by atoms with E-state index in [-0.39, 0.29) is 16.1 Å². The van der Waals surface area contributed by atoms with Gasteiger partial charge in [-0.05, 0) is 54.4 Å². The van der Waals surface area contributed by atoms with Gasteiger partial charge in [0.2, 0.25) is 0 Å². The van der Waals surface area contributed by atoms with E-state index in [1.807, 2.05) is 43.5 Å². The monoisotopic (exact) mass is 402 g/mol. The Labute approximate surface area is 167 Å². The molecule has 6 heteroatoms. The van der Waals surface area contributed by atoms with Crippen LogP contribution in [0.5, 0.6) is 5.75 Å². The molecule has 1 amide bonds. The molecular formula is C20H20NO2S3+. The van der Waals surface area contributed by atoms with Gasteiger partial charge in [-0.3, -0.25) is 0 Å². The van der Waals surface area contributed by atoms with Crippen molar-refractivity contribution in [1.29, 1.82) is 0 Å². The summed E-state index contributed by atoms with van der Waals surface area (Å²) in [7, 11) is 0. The lowest BCUT2D eigenvalue weighted by Gasteiger charge is -2.29. The molecule has 2 aromatic carbocycles. The van der Waals surface area contributed by atoms with Crippen LogP contribution in [0, 0.1) is 0 Å². The van der Waals surface area contributed by atoms with E-state index >= 15 is 0 Å². The maximum atomic E-state index is 13.0. The number of hydrogen-bond acceptors (Lipinski definition) is 5. The molecule has 2 aromatic rings. The summed E-state index contributed by atoms with van der Waals surface area (Å²) in [6.45, 7) is 6.49. The summed E-state index contributed by atoms with van der Waals surface area (Å²) in [5.74, 6) is 0.116. The van der Waals surface area contributed by atoms with E-state index in [1.165, 1.54) is 11.8 Å². The van der Waals surface area contributed by atoms with E-state index in [0.29, 0.717) is 21.3 Å². The molecule has 0 aliphatic carbocycles. The number of amides is 1.